The second-order valence-electron chi connectivity index (χ2n) is 5.68. The fraction of sp³-hybridized carbons (Fsp3) is 0. The number of para-hydroxylation sites is 1. The first-order valence-electron chi connectivity index (χ1n) is 7.91. The summed E-state index contributed by atoms with van der Waals surface area (Å²) < 4.78 is 5.78. The lowest BCUT2D eigenvalue weighted by atomic mass is 10.2. The van der Waals surface area contributed by atoms with Crippen LogP contribution in [0.3, 0.4) is 0 Å². The molecule has 4 nitrogen and oxygen atoms in total. The first-order valence-corrected chi connectivity index (χ1v) is 9.48. The number of anilines is 1. The van der Waals surface area contributed by atoms with Gasteiger partial charge < -0.3 is 4.42 Å². The molecule has 0 unspecified atom stereocenters. The Hall–Kier alpha value is -2.47. The molecule has 0 aliphatic carbocycles. The van der Waals surface area contributed by atoms with Crippen LogP contribution in [0.15, 0.2) is 70.0 Å². The van der Waals surface area contributed by atoms with Crippen LogP contribution in [0.5, 0.6) is 0 Å². The zero-order valence-corrected chi connectivity index (χ0v) is 16.0. The number of thioether (sulfide) groups is 1. The first kappa shape index (κ1) is 17.9. The molecule has 3 aromatic rings. The van der Waals surface area contributed by atoms with Gasteiger partial charge in [0.15, 0.2) is 0 Å². The van der Waals surface area contributed by atoms with E-state index in [1.165, 1.54) is 0 Å². The molecule has 27 heavy (non-hydrogen) atoms. The van der Waals surface area contributed by atoms with Gasteiger partial charge in [-0.25, -0.2) is 4.90 Å². The Morgan fingerprint density at radius 1 is 0.926 bits per heavy atom. The van der Waals surface area contributed by atoms with E-state index in [1.54, 1.807) is 60.7 Å². The molecule has 0 spiro atoms. The second-order valence-corrected chi connectivity index (χ2v) is 7.49. The minimum absolute atomic E-state index is 0.305. The van der Waals surface area contributed by atoms with Gasteiger partial charge in [0.25, 0.3) is 11.1 Å². The maximum Gasteiger partial charge on any atom is 0.298 e. The van der Waals surface area contributed by atoms with Crippen LogP contribution in [0.2, 0.25) is 10.0 Å². The molecule has 1 aliphatic rings. The smallest absolute Gasteiger partial charge is 0.298 e. The Balaban J connectivity index is 1.61. The largest absolute Gasteiger partial charge is 0.457 e. The summed E-state index contributed by atoms with van der Waals surface area (Å²) in [5, 5.41) is 0.548. The quantitative estimate of drug-likeness (QED) is 0.458. The van der Waals surface area contributed by atoms with Crippen LogP contribution in [-0.2, 0) is 4.79 Å². The number of benzene rings is 2. The normalized spacial score (nSPS) is 15.8. The fourth-order valence-corrected chi connectivity index (χ4v) is 3.75. The topological polar surface area (TPSA) is 50.5 Å². The van der Waals surface area contributed by atoms with Crippen molar-refractivity contribution >= 4 is 57.9 Å². The molecule has 0 radical (unpaired) electrons. The van der Waals surface area contributed by atoms with E-state index in [0.717, 1.165) is 22.2 Å². The van der Waals surface area contributed by atoms with E-state index < -0.39 is 0 Å². The zero-order chi connectivity index (χ0) is 19.0. The van der Waals surface area contributed by atoms with Gasteiger partial charge in [-0.15, -0.1) is 0 Å². The van der Waals surface area contributed by atoms with Gasteiger partial charge in [0.1, 0.15) is 11.5 Å². The molecule has 0 saturated carbocycles. The molecule has 1 fully saturated rings. The molecular formula is C20H11Cl2NO3S. The van der Waals surface area contributed by atoms with Gasteiger partial charge in [0, 0.05) is 11.6 Å². The van der Waals surface area contributed by atoms with Crippen molar-refractivity contribution in [2.45, 2.75) is 0 Å². The van der Waals surface area contributed by atoms with Crippen molar-refractivity contribution in [1.82, 2.24) is 0 Å². The van der Waals surface area contributed by atoms with Crippen LogP contribution in [0, 0.1) is 0 Å². The van der Waals surface area contributed by atoms with Gasteiger partial charge in [-0.3, -0.25) is 9.59 Å². The second kappa shape index (κ2) is 7.27. The van der Waals surface area contributed by atoms with Crippen LogP contribution >= 0.6 is 35.0 Å². The Labute approximate surface area is 169 Å². The van der Waals surface area contributed by atoms with E-state index in [-0.39, 0.29) is 11.1 Å². The highest BCUT2D eigenvalue weighted by Gasteiger charge is 2.36. The number of furan rings is 1. The molecular weight excluding hydrogens is 405 g/mol. The van der Waals surface area contributed by atoms with Crippen molar-refractivity contribution < 1.29 is 14.0 Å². The lowest BCUT2D eigenvalue weighted by Gasteiger charge is -2.11. The third kappa shape index (κ3) is 3.54. The van der Waals surface area contributed by atoms with Crippen molar-refractivity contribution in [3.8, 4) is 11.3 Å². The molecule has 0 bridgehead atoms. The third-order valence-corrected chi connectivity index (χ3v) is 5.52. The van der Waals surface area contributed by atoms with E-state index in [4.69, 9.17) is 27.6 Å². The molecule has 1 aliphatic heterocycles. The molecule has 7 heteroatoms. The predicted molar refractivity (Wildman–Crippen MR) is 109 cm³/mol. The van der Waals surface area contributed by atoms with E-state index in [2.05, 4.69) is 0 Å². The van der Waals surface area contributed by atoms with E-state index >= 15 is 0 Å². The summed E-state index contributed by atoms with van der Waals surface area (Å²) in [6, 6.07) is 17.5. The average Bonchev–Trinajstić information content (AvgIpc) is 3.23. The Kier molecular flexibility index (Phi) is 4.83. The minimum Gasteiger partial charge on any atom is -0.457 e. The van der Waals surface area contributed by atoms with Crippen molar-refractivity contribution in [3.63, 3.8) is 0 Å². The number of halogens is 2. The Morgan fingerprint density at radius 3 is 2.44 bits per heavy atom. The summed E-state index contributed by atoms with van der Waals surface area (Å²) >= 11 is 12.9. The standard InChI is InChI=1S/C20H11Cl2NO3S/c21-15-8-6-12(10-16(15)22)17-9-7-14(26-17)11-18-19(24)23(20(25)27-18)13-4-2-1-3-5-13/h1-11H/b18-11-. The molecule has 1 aromatic heterocycles. The molecule has 0 atom stereocenters. The number of carbonyl (C=O) groups excluding carboxylic acids is 2. The van der Waals surface area contributed by atoms with Gasteiger partial charge in [-0.2, -0.15) is 0 Å². The van der Waals surface area contributed by atoms with Gasteiger partial charge in [-0.05, 0) is 54.2 Å². The molecule has 1 saturated heterocycles. The van der Waals surface area contributed by atoms with Crippen LogP contribution in [0.1, 0.15) is 5.76 Å². The Morgan fingerprint density at radius 2 is 1.70 bits per heavy atom. The molecule has 0 N–H and O–H groups in total. The zero-order valence-electron chi connectivity index (χ0n) is 13.7. The number of hydrogen-bond acceptors (Lipinski definition) is 4. The minimum atomic E-state index is -0.372. The van der Waals surface area contributed by atoms with Crippen LogP contribution in [0.4, 0.5) is 10.5 Å². The van der Waals surface area contributed by atoms with Gasteiger partial charge >= 0.3 is 0 Å². The van der Waals surface area contributed by atoms with E-state index in [1.807, 2.05) is 6.07 Å². The molecule has 2 aromatic carbocycles. The van der Waals surface area contributed by atoms with Crippen LogP contribution in [0.25, 0.3) is 17.4 Å². The highest BCUT2D eigenvalue weighted by atomic mass is 35.5. The van der Waals surface area contributed by atoms with E-state index in [0.29, 0.717) is 32.2 Å². The highest BCUT2D eigenvalue weighted by molar-refractivity contribution is 8.19. The van der Waals surface area contributed by atoms with Crippen LogP contribution < -0.4 is 4.90 Å². The number of hydrogen-bond donors (Lipinski definition) is 0. The van der Waals surface area contributed by atoms with Gasteiger partial charge in [-0.1, -0.05) is 41.4 Å². The molecule has 4 rings (SSSR count). The maximum atomic E-state index is 12.6. The van der Waals surface area contributed by atoms with Crippen molar-refractivity contribution in [1.29, 1.82) is 0 Å². The van der Waals surface area contributed by atoms with E-state index in [9.17, 15) is 9.59 Å². The number of rotatable bonds is 3. The average molecular weight is 416 g/mol. The maximum absolute atomic E-state index is 12.6. The number of amides is 2. The van der Waals surface area contributed by atoms with Crippen molar-refractivity contribution in [3.05, 3.63) is 81.4 Å². The number of nitrogens with zero attached hydrogens (tertiary/aromatic N) is 1. The predicted octanol–water partition coefficient (Wildman–Crippen LogP) is 6.49. The molecule has 134 valence electrons. The number of carbonyl (C=O) groups is 2. The summed E-state index contributed by atoms with van der Waals surface area (Å²) in [6.45, 7) is 0. The first-order chi connectivity index (χ1) is 13.0. The number of imide groups is 1. The van der Waals surface area contributed by atoms with Crippen LogP contribution in [-0.4, -0.2) is 11.1 Å². The molecule has 2 heterocycles. The monoisotopic (exact) mass is 415 g/mol. The summed E-state index contributed by atoms with van der Waals surface area (Å²) in [7, 11) is 0. The summed E-state index contributed by atoms with van der Waals surface area (Å²) in [5.41, 5.74) is 1.31. The van der Waals surface area contributed by atoms with Crippen molar-refractivity contribution in [2.24, 2.45) is 0 Å². The van der Waals surface area contributed by atoms with Crippen molar-refractivity contribution in [2.75, 3.05) is 4.90 Å². The third-order valence-electron chi connectivity index (χ3n) is 3.91. The van der Waals surface area contributed by atoms with Gasteiger partial charge in [0.2, 0.25) is 0 Å². The fourth-order valence-electron chi connectivity index (χ4n) is 2.63. The van der Waals surface area contributed by atoms with Gasteiger partial charge in [0.05, 0.1) is 20.6 Å². The lowest BCUT2D eigenvalue weighted by Crippen LogP contribution is -2.27. The molecule has 2 amide bonds. The highest BCUT2D eigenvalue weighted by Crippen LogP contribution is 2.36. The Bertz CT molecular complexity index is 1080. The summed E-state index contributed by atoms with van der Waals surface area (Å²) in [5.74, 6) is 0.681. The summed E-state index contributed by atoms with van der Waals surface area (Å²) in [4.78, 5) is 26.3. The summed E-state index contributed by atoms with van der Waals surface area (Å²) in [6.07, 6.45) is 1.56. The lowest BCUT2D eigenvalue weighted by molar-refractivity contribution is -0.113. The SMILES string of the molecule is O=C1S/C(=C\c2ccc(-c3ccc(Cl)c(Cl)c3)o2)C(=O)N1c1ccccc1.